The van der Waals surface area contributed by atoms with E-state index in [0.717, 1.165) is 11.3 Å². The summed E-state index contributed by atoms with van der Waals surface area (Å²) in [6.45, 7) is 6.40. The number of hydrazone groups is 1. The summed E-state index contributed by atoms with van der Waals surface area (Å²) in [7, 11) is 0. The molecule has 1 heterocycles. The van der Waals surface area contributed by atoms with Crippen molar-refractivity contribution in [3.63, 3.8) is 0 Å². The summed E-state index contributed by atoms with van der Waals surface area (Å²) in [5.41, 5.74) is 1.70. The highest BCUT2D eigenvalue weighted by Crippen LogP contribution is 2.24. The molecule has 0 spiro atoms. The van der Waals surface area contributed by atoms with Gasteiger partial charge in [-0.05, 0) is 52.2 Å². The van der Waals surface area contributed by atoms with E-state index in [2.05, 4.69) is 18.9 Å². The quantitative estimate of drug-likeness (QED) is 0.812. The summed E-state index contributed by atoms with van der Waals surface area (Å²) in [5.74, 6) is 0.302. The molecule has 0 bridgehead atoms. The van der Waals surface area contributed by atoms with Crippen molar-refractivity contribution >= 4 is 5.71 Å². The van der Waals surface area contributed by atoms with Crippen molar-refractivity contribution in [1.29, 1.82) is 0 Å². The molecule has 1 aromatic rings. The lowest BCUT2D eigenvalue weighted by Gasteiger charge is -2.37. The average molecular weight is 246 g/mol. The van der Waals surface area contributed by atoms with E-state index in [4.69, 9.17) is 5.10 Å². The van der Waals surface area contributed by atoms with E-state index < -0.39 is 0 Å². The smallest absolute Gasteiger partial charge is 0.124 e. The Bertz CT molecular complexity index is 432. The van der Waals surface area contributed by atoms with Crippen molar-refractivity contribution in [2.45, 2.75) is 52.1 Å². The van der Waals surface area contributed by atoms with Crippen LogP contribution in [0.3, 0.4) is 0 Å². The maximum atomic E-state index is 9.84. The van der Waals surface area contributed by atoms with Gasteiger partial charge in [0.15, 0.2) is 0 Å². The lowest BCUT2D eigenvalue weighted by Crippen LogP contribution is -2.40. The summed E-state index contributed by atoms with van der Waals surface area (Å²) < 4.78 is 0. The molecule has 1 N–H and O–H groups in total. The predicted molar refractivity (Wildman–Crippen MR) is 74.9 cm³/mol. The van der Waals surface area contributed by atoms with Crippen molar-refractivity contribution in [2.75, 3.05) is 0 Å². The van der Waals surface area contributed by atoms with E-state index in [1.807, 2.05) is 25.1 Å². The van der Waals surface area contributed by atoms with Gasteiger partial charge in [-0.2, -0.15) is 5.10 Å². The highest BCUT2D eigenvalue weighted by molar-refractivity contribution is 6.00. The average Bonchev–Trinajstić information content (AvgIpc) is 2.34. The van der Waals surface area contributed by atoms with Gasteiger partial charge in [-0.1, -0.05) is 12.1 Å². The maximum absolute atomic E-state index is 9.84. The molecule has 0 saturated carbocycles. The molecule has 98 valence electrons. The summed E-state index contributed by atoms with van der Waals surface area (Å²) >= 11 is 0. The SMILES string of the molecule is C/C(=N\N1[C@H](C)CCC[C@H]1C)c1ccccc1O. The minimum absolute atomic E-state index is 0.302. The first-order valence-corrected chi connectivity index (χ1v) is 6.71. The second-order valence-electron chi connectivity index (χ2n) is 5.21. The monoisotopic (exact) mass is 246 g/mol. The summed E-state index contributed by atoms with van der Waals surface area (Å²) in [6, 6.07) is 8.34. The molecule has 0 aromatic heterocycles. The second kappa shape index (κ2) is 5.42. The van der Waals surface area contributed by atoms with Crippen molar-refractivity contribution in [3.05, 3.63) is 29.8 Å². The molecule has 18 heavy (non-hydrogen) atoms. The molecule has 1 fully saturated rings. The van der Waals surface area contributed by atoms with Crippen LogP contribution in [0.25, 0.3) is 0 Å². The zero-order chi connectivity index (χ0) is 13.1. The Balaban J connectivity index is 2.24. The van der Waals surface area contributed by atoms with E-state index in [1.165, 1.54) is 19.3 Å². The number of piperidine rings is 1. The van der Waals surface area contributed by atoms with Gasteiger partial charge < -0.3 is 5.11 Å². The Labute approximate surface area is 109 Å². The Morgan fingerprint density at radius 2 is 1.83 bits per heavy atom. The first kappa shape index (κ1) is 12.9. The summed E-state index contributed by atoms with van der Waals surface area (Å²) in [6.07, 6.45) is 3.67. The molecule has 3 nitrogen and oxygen atoms in total. The number of hydrogen-bond acceptors (Lipinski definition) is 3. The molecule has 1 aliphatic heterocycles. The predicted octanol–water partition coefficient (Wildman–Crippen LogP) is 3.38. The van der Waals surface area contributed by atoms with Crippen molar-refractivity contribution < 1.29 is 5.11 Å². The van der Waals surface area contributed by atoms with Crippen LogP contribution in [0.4, 0.5) is 0 Å². The Morgan fingerprint density at radius 1 is 1.22 bits per heavy atom. The minimum atomic E-state index is 0.302. The fourth-order valence-electron chi connectivity index (χ4n) is 2.61. The van der Waals surface area contributed by atoms with Gasteiger partial charge in [0.25, 0.3) is 0 Å². The summed E-state index contributed by atoms with van der Waals surface area (Å²) in [5, 5.41) is 16.7. The van der Waals surface area contributed by atoms with Crippen molar-refractivity contribution in [1.82, 2.24) is 5.01 Å². The maximum Gasteiger partial charge on any atom is 0.124 e. The minimum Gasteiger partial charge on any atom is -0.507 e. The van der Waals surface area contributed by atoms with Gasteiger partial charge in [0.2, 0.25) is 0 Å². The standard InChI is InChI=1S/C15H22N2O/c1-11-7-6-8-12(2)17(11)16-13(3)14-9-4-5-10-15(14)18/h4-5,9-12,18H,6-8H2,1-3H3/b16-13+/t11-,12-/m1/s1. The van der Waals surface area contributed by atoms with Gasteiger partial charge in [0, 0.05) is 17.6 Å². The van der Waals surface area contributed by atoms with Crippen LogP contribution in [-0.2, 0) is 0 Å². The van der Waals surface area contributed by atoms with Gasteiger partial charge >= 0.3 is 0 Å². The van der Waals surface area contributed by atoms with E-state index in [1.54, 1.807) is 6.07 Å². The molecular weight excluding hydrogens is 224 g/mol. The molecule has 2 rings (SSSR count). The third-order valence-electron chi connectivity index (χ3n) is 3.71. The molecule has 1 saturated heterocycles. The summed E-state index contributed by atoms with van der Waals surface area (Å²) in [4.78, 5) is 0. The largest absolute Gasteiger partial charge is 0.507 e. The van der Waals surface area contributed by atoms with Gasteiger partial charge in [0.05, 0.1) is 5.71 Å². The van der Waals surface area contributed by atoms with E-state index in [9.17, 15) is 5.11 Å². The number of nitrogens with zero attached hydrogens (tertiary/aromatic N) is 2. The first-order valence-electron chi connectivity index (χ1n) is 6.71. The van der Waals surface area contributed by atoms with Crippen LogP contribution in [0.15, 0.2) is 29.4 Å². The highest BCUT2D eigenvalue weighted by atomic mass is 16.3. The van der Waals surface area contributed by atoms with Crippen LogP contribution in [0, 0.1) is 0 Å². The molecule has 3 heteroatoms. The van der Waals surface area contributed by atoms with Crippen LogP contribution in [0.1, 0.15) is 45.6 Å². The lowest BCUT2D eigenvalue weighted by molar-refractivity contribution is 0.108. The molecule has 2 atom stereocenters. The van der Waals surface area contributed by atoms with Crippen LogP contribution in [0.5, 0.6) is 5.75 Å². The number of phenolic OH excluding ortho intramolecular Hbond substituents is 1. The lowest BCUT2D eigenvalue weighted by atomic mass is 10.00. The normalized spacial score (nSPS) is 25.3. The molecular formula is C15H22N2O. The third kappa shape index (κ3) is 2.66. The van der Waals surface area contributed by atoms with E-state index in [0.29, 0.717) is 17.8 Å². The topological polar surface area (TPSA) is 35.8 Å². The fraction of sp³-hybridized carbons (Fsp3) is 0.533. The van der Waals surface area contributed by atoms with E-state index >= 15 is 0 Å². The number of para-hydroxylation sites is 1. The second-order valence-corrected chi connectivity index (χ2v) is 5.21. The molecule has 0 amide bonds. The zero-order valence-corrected chi connectivity index (χ0v) is 11.4. The van der Waals surface area contributed by atoms with Gasteiger partial charge in [-0.3, -0.25) is 5.01 Å². The molecule has 0 aliphatic carbocycles. The van der Waals surface area contributed by atoms with Crippen LogP contribution in [-0.4, -0.2) is 27.9 Å². The first-order chi connectivity index (χ1) is 8.59. The number of benzene rings is 1. The fourth-order valence-corrected chi connectivity index (χ4v) is 2.61. The zero-order valence-electron chi connectivity index (χ0n) is 11.4. The Morgan fingerprint density at radius 3 is 2.44 bits per heavy atom. The molecule has 0 unspecified atom stereocenters. The van der Waals surface area contributed by atoms with Gasteiger partial charge in [0.1, 0.15) is 5.75 Å². The number of aromatic hydroxyl groups is 1. The van der Waals surface area contributed by atoms with Crippen LogP contribution in [0.2, 0.25) is 0 Å². The number of phenols is 1. The Kier molecular flexibility index (Phi) is 3.90. The molecule has 1 aromatic carbocycles. The van der Waals surface area contributed by atoms with Crippen LogP contribution < -0.4 is 0 Å². The van der Waals surface area contributed by atoms with Gasteiger partial charge in [-0.25, -0.2) is 0 Å². The number of rotatable bonds is 2. The van der Waals surface area contributed by atoms with Gasteiger partial charge in [-0.15, -0.1) is 0 Å². The third-order valence-corrected chi connectivity index (χ3v) is 3.71. The molecule has 0 radical (unpaired) electrons. The van der Waals surface area contributed by atoms with Crippen molar-refractivity contribution in [3.8, 4) is 5.75 Å². The van der Waals surface area contributed by atoms with E-state index in [-0.39, 0.29) is 0 Å². The highest BCUT2D eigenvalue weighted by Gasteiger charge is 2.23. The molecule has 1 aliphatic rings. The van der Waals surface area contributed by atoms with Crippen molar-refractivity contribution in [2.24, 2.45) is 5.10 Å². The number of hydrogen-bond donors (Lipinski definition) is 1. The van der Waals surface area contributed by atoms with Crippen LogP contribution >= 0.6 is 0 Å². The Hall–Kier alpha value is -1.51.